The number of amides is 2. The minimum atomic E-state index is -3.65. The van der Waals surface area contributed by atoms with Crippen molar-refractivity contribution in [1.29, 1.82) is 0 Å². The summed E-state index contributed by atoms with van der Waals surface area (Å²) in [6.45, 7) is 1.82. The van der Waals surface area contributed by atoms with E-state index in [0.29, 0.717) is 55.7 Å². The summed E-state index contributed by atoms with van der Waals surface area (Å²) in [5, 5.41) is 13.5. The number of unbranched alkanes of at least 4 members (excludes halogenated alkanes) is 3. The number of ether oxygens (including phenoxy) is 3. The number of hydrogen-bond acceptors (Lipinski definition) is 12. The van der Waals surface area contributed by atoms with E-state index in [2.05, 4.69) is 10.0 Å². The van der Waals surface area contributed by atoms with Crippen molar-refractivity contribution in [3.8, 4) is 11.6 Å². The van der Waals surface area contributed by atoms with Gasteiger partial charge in [0.2, 0.25) is 21.8 Å². The second-order valence-corrected chi connectivity index (χ2v) is 19.6. The summed E-state index contributed by atoms with van der Waals surface area (Å²) < 4.78 is 44.6. The SMILES string of the molecule is COc1ccc2nc3c(nc2c1)O[C@@H]1C[C@@H](C=O)N(C1)C(=O)[C@H](CCCCC/C=C\[C@@H]1C[C@]1(N)C(O)NS(=O)(=O)C1(C)CC1)NC(=O)O[C@@H]1CCC[C@H]1CCCCC3. The fourth-order valence-corrected chi connectivity index (χ4v) is 10.2. The van der Waals surface area contributed by atoms with Gasteiger partial charge < -0.3 is 40.1 Å². The van der Waals surface area contributed by atoms with Gasteiger partial charge >= 0.3 is 6.09 Å². The first-order valence-electron chi connectivity index (χ1n) is 21.2. The monoisotopic (exact) mass is 824 g/mol. The molecular weight excluding hydrogens is 765 g/mol. The number of nitrogens with zero attached hydrogens (tertiary/aromatic N) is 3. The second kappa shape index (κ2) is 17.8. The molecule has 0 spiro atoms. The molecule has 3 saturated carbocycles. The number of aromatic nitrogens is 2. The summed E-state index contributed by atoms with van der Waals surface area (Å²) in [5.41, 5.74) is 7.44. The smallest absolute Gasteiger partial charge is 0.408 e. The van der Waals surface area contributed by atoms with Crippen molar-refractivity contribution in [3.63, 3.8) is 0 Å². The van der Waals surface area contributed by atoms with Gasteiger partial charge in [-0.05, 0) is 102 Å². The van der Waals surface area contributed by atoms with Crippen molar-refractivity contribution >= 4 is 39.3 Å². The largest absolute Gasteiger partial charge is 0.497 e. The summed E-state index contributed by atoms with van der Waals surface area (Å²) in [4.78, 5) is 51.4. The molecule has 1 saturated heterocycles. The predicted molar refractivity (Wildman–Crippen MR) is 216 cm³/mol. The number of benzene rings is 1. The number of aldehydes is 1. The average molecular weight is 825 g/mol. The molecule has 16 heteroatoms. The van der Waals surface area contributed by atoms with E-state index in [1.807, 2.05) is 30.4 Å². The summed E-state index contributed by atoms with van der Waals surface area (Å²) in [5.74, 6) is 0.824. The molecule has 2 aliphatic heterocycles. The fraction of sp³-hybridized carbons (Fsp3) is 0.690. The highest BCUT2D eigenvalue weighted by atomic mass is 32.2. The van der Waals surface area contributed by atoms with Crippen LogP contribution in [-0.4, -0.2) is 101 Å². The van der Waals surface area contributed by atoms with E-state index in [9.17, 15) is 27.9 Å². The summed E-state index contributed by atoms with van der Waals surface area (Å²) >= 11 is 0. The van der Waals surface area contributed by atoms with Crippen LogP contribution in [0.25, 0.3) is 11.0 Å². The normalized spacial score (nSPS) is 30.7. The molecule has 1 unspecified atom stereocenters. The lowest BCUT2D eigenvalue weighted by Gasteiger charge is -2.28. The second-order valence-electron chi connectivity index (χ2n) is 17.4. The number of aliphatic hydroxyl groups is 1. The standard InChI is InChI=1S/C42H60N6O9S/c1-41(20-21-41)58(53,54)47-39(51)42(43)24-28(42)14-8-4-3-5-9-16-34-38(50)48-25-31(22-29(48)26-49)56-37-33(44-32-19-18-30(55-2)23-35(32)45-37)15-10-6-7-12-27-13-11-17-36(27)57-40(52)46-34/h8,14,18-19,23,26-29,31,34,36,39,47,51H,3-7,9-13,15-17,20-22,24-25,43H2,1-2H3,(H,46,52)/b14-8-/t27-,28-,29+,31-,34+,36-,39?,42-/m1/s1. The number of carbonyl (C=O) groups excluding carboxylic acids is 3. The quantitative estimate of drug-likeness (QED) is 0.0947. The van der Waals surface area contributed by atoms with Gasteiger partial charge in [-0.2, -0.15) is 4.72 Å². The van der Waals surface area contributed by atoms with Gasteiger partial charge in [0.25, 0.3) is 0 Å². The number of fused-ring (bicyclic) bond motifs is 5. The zero-order valence-electron chi connectivity index (χ0n) is 33.8. The van der Waals surface area contributed by atoms with Gasteiger partial charge in [-0.3, -0.25) is 4.79 Å². The third-order valence-corrected chi connectivity index (χ3v) is 15.3. The average Bonchev–Trinajstić information content (AvgIpc) is 3.99. The Bertz CT molecular complexity index is 1960. The first kappa shape index (κ1) is 42.3. The lowest BCUT2D eigenvalue weighted by Crippen LogP contribution is -2.52. The van der Waals surface area contributed by atoms with Crippen LogP contribution in [-0.2, 0) is 30.8 Å². The van der Waals surface area contributed by atoms with Crippen molar-refractivity contribution in [3.05, 3.63) is 36.0 Å². The van der Waals surface area contributed by atoms with E-state index in [0.717, 1.165) is 81.7 Å². The molecule has 15 nitrogen and oxygen atoms in total. The number of alkyl carbamates (subject to hydrolysis) is 1. The summed E-state index contributed by atoms with van der Waals surface area (Å²) in [6, 6.07) is 3.93. The van der Waals surface area contributed by atoms with Crippen LogP contribution in [0.1, 0.15) is 115 Å². The van der Waals surface area contributed by atoms with Crippen molar-refractivity contribution in [2.24, 2.45) is 17.6 Å². The van der Waals surface area contributed by atoms with Gasteiger partial charge in [0, 0.05) is 18.4 Å². The molecule has 8 atom stereocenters. The number of allylic oxidation sites excluding steroid dienone is 1. The third-order valence-electron chi connectivity index (χ3n) is 13.1. The number of hydrogen-bond donors (Lipinski definition) is 4. The fourth-order valence-electron chi connectivity index (χ4n) is 8.80. The van der Waals surface area contributed by atoms with Gasteiger partial charge in [0.05, 0.1) is 41.0 Å². The van der Waals surface area contributed by atoms with E-state index in [4.69, 9.17) is 29.9 Å². The Morgan fingerprint density at radius 2 is 1.90 bits per heavy atom. The third kappa shape index (κ3) is 9.61. The number of nitrogens with one attached hydrogen (secondary N) is 2. The highest BCUT2D eigenvalue weighted by Crippen LogP contribution is 2.47. The Kier molecular flexibility index (Phi) is 13.0. The van der Waals surface area contributed by atoms with E-state index >= 15 is 0 Å². The Balaban J connectivity index is 0.991. The number of aryl methyl sites for hydroxylation is 1. The number of nitrogens with two attached hydrogens (primary N) is 1. The van der Waals surface area contributed by atoms with E-state index in [-0.39, 0.29) is 36.8 Å². The van der Waals surface area contributed by atoms with Crippen molar-refractivity contribution in [2.75, 3.05) is 13.7 Å². The zero-order chi connectivity index (χ0) is 41.1. The van der Waals surface area contributed by atoms with Crippen LogP contribution in [0.4, 0.5) is 4.79 Å². The highest BCUT2D eigenvalue weighted by Gasteiger charge is 2.58. The van der Waals surface area contributed by atoms with Gasteiger partial charge in [0.15, 0.2) is 0 Å². The number of rotatable bonds is 13. The van der Waals surface area contributed by atoms with Crippen LogP contribution in [0.15, 0.2) is 30.4 Å². The number of carbonyl (C=O) groups is 3. The molecule has 3 aliphatic carbocycles. The molecule has 318 valence electrons. The van der Waals surface area contributed by atoms with Crippen LogP contribution in [0, 0.1) is 11.8 Å². The topological polar surface area (TPSA) is 212 Å². The van der Waals surface area contributed by atoms with Crippen molar-refractivity contribution < 1.29 is 42.1 Å². The van der Waals surface area contributed by atoms with Crippen LogP contribution < -0.4 is 25.2 Å². The number of methoxy groups -OCH3 is 1. The van der Waals surface area contributed by atoms with Crippen LogP contribution in [0.2, 0.25) is 0 Å². The maximum atomic E-state index is 14.3. The Labute approximate surface area is 341 Å². The predicted octanol–water partition coefficient (Wildman–Crippen LogP) is 4.58. The molecule has 7 rings (SSSR count). The number of aliphatic hydroxyl groups excluding tert-OH is 1. The maximum absolute atomic E-state index is 14.3. The minimum Gasteiger partial charge on any atom is -0.497 e. The van der Waals surface area contributed by atoms with Crippen LogP contribution >= 0.6 is 0 Å². The van der Waals surface area contributed by atoms with Gasteiger partial charge in [-0.15, -0.1) is 0 Å². The molecule has 2 amide bonds. The van der Waals surface area contributed by atoms with Gasteiger partial charge in [0.1, 0.15) is 42.2 Å². The first-order valence-corrected chi connectivity index (χ1v) is 22.7. The van der Waals surface area contributed by atoms with Crippen molar-refractivity contribution in [1.82, 2.24) is 24.9 Å². The molecule has 5 aliphatic rings. The molecule has 1 aromatic carbocycles. The zero-order valence-corrected chi connectivity index (χ0v) is 34.6. The van der Waals surface area contributed by atoms with Gasteiger partial charge in [-0.25, -0.2) is 23.2 Å². The van der Waals surface area contributed by atoms with E-state index in [1.165, 1.54) is 4.90 Å². The molecule has 2 aromatic rings. The van der Waals surface area contributed by atoms with Gasteiger partial charge in [-0.1, -0.05) is 37.8 Å². The van der Waals surface area contributed by atoms with Crippen LogP contribution in [0.3, 0.4) is 0 Å². The molecule has 1 aromatic heterocycles. The van der Waals surface area contributed by atoms with E-state index in [1.54, 1.807) is 14.0 Å². The minimum absolute atomic E-state index is 0.140. The molecule has 0 radical (unpaired) electrons. The molecule has 4 fully saturated rings. The molecule has 3 heterocycles. The molecule has 58 heavy (non-hydrogen) atoms. The molecule has 5 N–H and O–H groups in total. The van der Waals surface area contributed by atoms with Crippen molar-refractivity contribution in [2.45, 2.75) is 157 Å². The molecule has 2 bridgehead atoms. The Hall–Kier alpha value is -3.86. The lowest BCUT2D eigenvalue weighted by molar-refractivity contribution is -0.136. The molecular formula is C42H60N6O9S. The first-order chi connectivity index (χ1) is 27.8. The summed E-state index contributed by atoms with van der Waals surface area (Å²) in [6.07, 6.45) is 14.5. The maximum Gasteiger partial charge on any atom is 0.408 e. The lowest BCUT2D eigenvalue weighted by atomic mass is 9.97. The Morgan fingerprint density at radius 3 is 2.67 bits per heavy atom. The Morgan fingerprint density at radius 1 is 1.09 bits per heavy atom. The van der Waals surface area contributed by atoms with Crippen LogP contribution in [0.5, 0.6) is 11.6 Å². The number of sulfonamides is 1. The van der Waals surface area contributed by atoms with E-state index < -0.39 is 50.8 Å². The summed E-state index contributed by atoms with van der Waals surface area (Å²) in [7, 11) is -2.06. The highest BCUT2D eigenvalue weighted by molar-refractivity contribution is 7.91.